The highest BCUT2D eigenvalue weighted by Crippen LogP contribution is 2.36. The van der Waals surface area contributed by atoms with Gasteiger partial charge in [-0.25, -0.2) is 0 Å². The van der Waals surface area contributed by atoms with Gasteiger partial charge in [-0.2, -0.15) is 0 Å². The third kappa shape index (κ3) is 6.82. The van der Waals surface area contributed by atoms with Crippen molar-refractivity contribution in [2.75, 3.05) is 6.61 Å². The summed E-state index contributed by atoms with van der Waals surface area (Å²) in [6, 6.07) is 21.7. The van der Waals surface area contributed by atoms with E-state index in [0.717, 1.165) is 12.8 Å². The van der Waals surface area contributed by atoms with Gasteiger partial charge in [-0.3, -0.25) is 0 Å². The molecule has 160 valence electrons. The molecule has 0 aliphatic rings. The summed E-state index contributed by atoms with van der Waals surface area (Å²) in [6.45, 7) is 12.1. The molecule has 2 nitrogen and oxygen atoms in total. The van der Waals surface area contributed by atoms with Crippen LogP contribution in [0.15, 0.2) is 72.8 Å². The van der Waals surface area contributed by atoms with Crippen molar-refractivity contribution in [1.82, 2.24) is 0 Å². The Bertz CT molecular complexity index is 686. The molecule has 0 heterocycles. The lowest BCUT2D eigenvalue weighted by Crippen LogP contribution is -2.66. The Labute approximate surface area is 185 Å². The average molecular weight is 432 g/mol. The molecule has 2 rings (SSSR count). The molecule has 4 heteroatoms. The van der Waals surface area contributed by atoms with Crippen LogP contribution < -0.4 is 16.1 Å². The van der Waals surface area contributed by atoms with E-state index in [1.54, 1.807) is 0 Å². The van der Waals surface area contributed by atoms with E-state index in [9.17, 15) is 0 Å². The lowest BCUT2D eigenvalue weighted by molar-refractivity contribution is 0.304. The van der Waals surface area contributed by atoms with Crippen molar-refractivity contribution < 1.29 is 4.43 Å². The van der Waals surface area contributed by atoms with Gasteiger partial charge in [-0.15, -0.1) is 12.4 Å². The largest absolute Gasteiger partial charge is 0.407 e. The minimum absolute atomic E-state index is 0. The second-order valence-electron chi connectivity index (χ2n) is 9.02. The van der Waals surface area contributed by atoms with Gasteiger partial charge < -0.3 is 10.2 Å². The average Bonchev–Trinajstić information content (AvgIpc) is 2.64. The highest BCUT2D eigenvalue weighted by molar-refractivity contribution is 6.99. The third-order valence-electron chi connectivity index (χ3n) is 5.15. The molecule has 0 radical (unpaired) electrons. The van der Waals surface area contributed by atoms with E-state index >= 15 is 0 Å². The molecule has 0 spiro atoms. The first-order valence-corrected chi connectivity index (χ1v) is 12.4. The summed E-state index contributed by atoms with van der Waals surface area (Å²) >= 11 is 0. The molecule has 0 aliphatic carbocycles. The second kappa shape index (κ2) is 11.7. The Morgan fingerprint density at radius 1 is 0.931 bits per heavy atom. The maximum Gasteiger partial charge on any atom is 0.261 e. The van der Waals surface area contributed by atoms with E-state index < -0.39 is 8.32 Å². The van der Waals surface area contributed by atoms with Gasteiger partial charge in [0.05, 0.1) is 0 Å². The number of hydrogen-bond donors (Lipinski definition) is 1. The minimum Gasteiger partial charge on any atom is -0.407 e. The van der Waals surface area contributed by atoms with Gasteiger partial charge in [0.15, 0.2) is 0 Å². The predicted molar refractivity (Wildman–Crippen MR) is 132 cm³/mol. The molecule has 2 aromatic carbocycles. The van der Waals surface area contributed by atoms with Crippen LogP contribution in [-0.4, -0.2) is 21.0 Å². The van der Waals surface area contributed by atoms with Crippen LogP contribution in [0.3, 0.4) is 0 Å². The lowest BCUT2D eigenvalue weighted by atomic mass is 10.0. The summed E-state index contributed by atoms with van der Waals surface area (Å²) in [5.41, 5.74) is 6.18. The van der Waals surface area contributed by atoms with Crippen LogP contribution in [-0.2, 0) is 4.43 Å². The second-order valence-corrected chi connectivity index (χ2v) is 13.3. The monoisotopic (exact) mass is 431 g/mol. The first-order chi connectivity index (χ1) is 13.3. The molecule has 2 aromatic rings. The minimum atomic E-state index is -2.42. The first-order valence-electron chi connectivity index (χ1n) is 10.4. The molecule has 0 bridgehead atoms. The lowest BCUT2D eigenvalue weighted by Gasteiger charge is -2.43. The van der Waals surface area contributed by atoms with E-state index in [1.807, 2.05) is 0 Å². The predicted octanol–water partition coefficient (Wildman–Crippen LogP) is 5.30. The van der Waals surface area contributed by atoms with E-state index in [2.05, 4.69) is 107 Å². The standard InChI is InChI=1S/C25H37NOSi.ClH/c1-21(2)20-22(26)14-12-13-19-27-28(25(3,4)5,23-15-8-6-9-16-23)24-17-10-7-11-18-24;/h6-12,14-18,21-22H,13,19-20,26H2,1-5H3;1H. The van der Waals surface area contributed by atoms with Crippen LogP contribution in [0, 0.1) is 5.92 Å². The van der Waals surface area contributed by atoms with Crippen LogP contribution >= 0.6 is 12.4 Å². The van der Waals surface area contributed by atoms with E-state index in [1.165, 1.54) is 10.4 Å². The Hall–Kier alpha value is -1.39. The van der Waals surface area contributed by atoms with Crippen molar-refractivity contribution >= 4 is 31.1 Å². The molecule has 29 heavy (non-hydrogen) atoms. The normalized spacial score (nSPS) is 13.5. The number of rotatable bonds is 9. The van der Waals surface area contributed by atoms with Gasteiger partial charge in [0.25, 0.3) is 8.32 Å². The van der Waals surface area contributed by atoms with Gasteiger partial charge in [-0.05, 0) is 34.2 Å². The maximum absolute atomic E-state index is 6.88. The molecule has 0 saturated carbocycles. The van der Waals surface area contributed by atoms with Crippen molar-refractivity contribution in [2.45, 2.75) is 58.5 Å². The molecule has 0 amide bonds. The smallest absolute Gasteiger partial charge is 0.261 e. The van der Waals surface area contributed by atoms with E-state index in [0.29, 0.717) is 12.5 Å². The van der Waals surface area contributed by atoms with E-state index in [-0.39, 0.29) is 23.5 Å². The maximum atomic E-state index is 6.88. The van der Waals surface area contributed by atoms with Gasteiger partial charge in [-0.1, -0.05) is 107 Å². The summed E-state index contributed by atoms with van der Waals surface area (Å²) in [4.78, 5) is 0. The van der Waals surface area contributed by atoms with Gasteiger partial charge >= 0.3 is 0 Å². The highest BCUT2D eigenvalue weighted by atomic mass is 35.5. The quantitative estimate of drug-likeness (QED) is 0.332. The molecule has 1 unspecified atom stereocenters. The van der Waals surface area contributed by atoms with Crippen LogP contribution in [0.5, 0.6) is 0 Å². The molecule has 2 N–H and O–H groups in total. The fraction of sp³-hybridized carbons (Fsp3) is 0.440. The van der Waals surface area contributed by atoms with Crippen LogP contribution in [0.1, 0.15) is 47.5 Å². The molecule has 0 fully saturated rings. The van der Waals surface area contributed by atoms with Crippen molar-refractivity contribution in [2.24, 2.45) is 11.7 Å². The third-order valence-corrected chi connectivity index (χ3v) is 10.2. The fourth-order valence-corrected chi connectivity index (χ4v) is 8.52. The molecular formula is C25H38ClNOSi. The Balaban J connectivity index is 0.00000420. The zero-order valence-electron chi connectivity index (χ0n) is 18.6. The van der Waals surface area contributed by atoms with Crippen LogP contribution in [0.2, 0.25) is 5.04 Å². The molecule has 1 atom stereocenters. The van der Waals surface area contributed by atoms with Crippen molar-refractivity contribution in [1.29, 1.82) is 0 Å². The Morgan fingerprint density at radius 3 is 1.83 bits per heavy atom. The van der Waals surface area contributed by atoms with Gasteiger partial charge in [0.1, 0.15) is 0 Å². The van der Waals surface area contributed by atoms with Crippen molar-refractivity contribution in [3.63, 3.8) is 0 Å². The molecule has 0 saturated heterocycles. The zero-order valence-corrected chi connectivity index (χ0v) is 20.4. The summed E-state index contributed by atoms with van der Waals surface area (Å²) in [6.07, 6.45) is 6.22. The molecule has 0 aliphatic heterocycles. The Kier molecular flexibility index (Phi) is 10.4. The van der Waals surface area contributed by atoms with Crippen LogP contribution in [0.4, 0.5) is 0 Å². The van der Waals surface area contributed by atoms with Crippen molar-refractivity contribution in [3.05, 3.63) is 72.8 Å². The topological polar surface area (TPSA) is 35.2 Å². The first kappa shape index (κ1) is 25.6. The summed E-state index contributed by atoms with van der Waals surface area (Å²) < 4.78 is 6.88. The number of halogens is 1. The SMILES string of the molecule is CC(C)CC(N)C=CCCO[Si](c1ccccc1)(c1ccccc1)C(C)(C)C.Cl. The zero-order chi connectivity index (χ0) is 20.6. The summed E-state index contributed by atoms with van der Waals surface area (Å²) in [7, 11) is -2.42. The van der Waals surface area contributed by atoms with Gasteiger partial charge in [0, 0.05) is 12.6 Å². The van der Waals surface area contributed by atoms with Crippen LogP contribution in [0.25, 0.3) is 0 Å². The number of hydrogen-bond acceptors (Lipinski definition) is 2. The number of benzene rings is 2. The molecular weight excluding hydrogens is 394 g/mol. The summed E-state index contributed by atoms with van der Waals surface area (Å²) in [5, 5.41) is 2.68. The Morgan fingerprint density at radius 2 is 1.41 bits per heavy atom. The van der Waals surface area contributed by atoms with Crippen molar-refractivity contribution in [3.8, 4) is 0 Å². The number of nitrogens with two attached hydrogens (primary N) is 1. The summed E-state index contributed by atoms with van der Waals surface area (Å²) in [5.74, 6) is 0.619. The molecule has 0 aromatic heterocycles. The van der Waals surface area contributed by atoms with E-state index in [4.69, 9.17) is 10.2 Å². The van der Waals surface area contributed by atoms with Gasteiger partial charge in [0.2, 0.25) is 0 Å². The fourth-order valence-electron chi connectivity index (χ4n) is 3.94. The highest BCUT2D eigenvalue weighted by Gasteiger charge is 2.49.